The van der Waals surface area contributed by atoms with E-state index in [-0.39, 0.29) is 0 Å². The van der Waals surface area contributed by atoms with Crippen molar-refractivity contribution in [3.8, 4) is 0 Å². The first-order valence-electron chi connectivity index (χ1n) is 5.88. The molecule has 19 heavy (non-hydrogen) atoms. The van der Waals surface area contributed by atoms with Gasteiger partial charge in [-0.3, -0.25) is 10.8 Å². The number of pyridine rings is 1. The predicted octanol–water partition coefficient (Wildman–Crippen LogP) is 2.53. The molecule has 0 bridgehead atoms. The first-order valence-corrected chi connectivity index (χ1v) is 5.88. The monoisotopic (exact) mass is 263 g/mol. The molecule has 0 saturated heterocycles. The van der Waals surface area contributed by atoms with Crippen molar-refractivity contribution < 1.29 is 8.78 Å². The van der Waals surface area contributed by atoms with Crippen LogP contribution in [0.5, 0.6) is 0 Å². The Balaban J connectivity index is 2.46. The van der Waals surface area contributed by atoms with E-state index in [1.165, 1.54) is 6.07 Å². The maximum atomic E-state index is 13.3. The van der Waals surface area contributed by atoms with Crippen LogP contribution in [-0.2, 0) is 0 Å². The second-order valence-electron chi connectivity index (χ2n) is 4.40. The number of aromatic nitrogens is 1. The Labute approximate surface area is 110 Å². The number of halogens is 2. The number of aryl methyl sites for hydroxylation is 2. The highest BCUT2D eigenvalue weighted by atomic mass is 19.2. The molecule has 5 heteroatoms. The molecule has 0 radical (unpaired) electrons. The fourth-order valence-corrected chi connectivity index (χ4v) is 2.06. The van der Waals surface area contributed by atoms with Gasteiger partial charge in [0.25, 0.3) is 0 Å². The van der Waals surface area contributed by atoms with Crippen LogP contribution in [-0.4, -0.2) is 4.98 Å². The first-order chi connectivity index (χ1) is 9.02. The molecule has 3 N–H and O–H groups in total. The Kier molecular flexibility index (Phi) is 3.87. The van der Waals surface area contributed by atoms with Crippen LogP contribution in [0.3, 0.4) is 0 Å². The summed E-state index contributed by atoms with van der Waals surface area (Å²) in [6, 6.07) is 7.03. The topological polar surface area (TPSA) is 50.9 Å². The van der Waals surface area contributed by atoms with Crippen LogP contribution in [0.4, 0.5) is 8.78 Å². The van der Waals surface area contributed by atoms with Crippen molar-refractivity contribution in [1.82, 2.24) is 10.4 Å². The van der Waals surface area contributed by atoms with Crippen LogP contribution < -0.4 is 11.3 Å². The van der Waals surface area contributed by atoms with Crippen molar-refractivity contribution in [1.29, 1.82) is 0 Å². The van der Waals surface area contributed by atoms with E-state index in [0.717, 1.165) is 29.1 Å². The number of nitrogens with zero attached hydrogens (tertiary/aromatic N) is 1. The molecule has 1 aromatic carbocycles. The van der Waals surface area contributed by atoms with Crippen molar-refractivity contribution >= 4 is 0 Å². The van der Waals surface area contributed by atoms with Gasteiger partial charge in [0.05, 0.1) is 6.04 Å². The van der Waals surface area contributed by atoms with Gasteiger partial charge in [-0.15, -0.1) is 0 Å². The highest BCUT2D eigenvalue weighted by Crippen LogP contribution is 2.24. The molecule has 0 aliphatic carbocycles. The molecule has 0 fully saturated rings. The average molecular weight is 263 g/mol. The SMILES string of the molecule is Cc1ccc(C(NN)c2ccc(F)c(F)c2)c(C)n1. The fourth-order valence-electron chi connectivity index (χ4n) is 2.06. The lowest BCUT2D eigenvalue weighted by molar-refractivity contribution is 0.503. The molecule has 1 unspecified atom stereocenters. The van der Waals surface area contributed by atoms with Gasteiger partial charge in [-0.25, -0.2) is 14.2 Å². The van der Waals surface area contributed by atoms with Gasteiger partial charge in [-0.05, 0) is 43.2 Å². The number of nitrogens with one attached hydrogen (secondary N) is 1. The summed E-state index contributed by atoms with van der Waals surface area (Å²) in [7, 11) is 0. The molecular weight excluding hydrogens is 248 g/mol. The van der Waals surface area contributed by atoms with E-state index in [9.17, 15) is 8.78 Å². The third-order valence-corrected chi connectivity index (χ3v) is 3.02. The van der Waals surface area contributed by atoms with Crippen LogP contribution in [0.15, 0.2) is 30.3 Å². The third-order valence-electron chi connectivity index (χ3n) is 3.02. The third kappa shape index (κ3) is 2.77. The van der Waals surface area contributed by atoms with Crippen molar-refractivity contribution in [3.05, 3.63) is 64.5 Å². The van der Waals surface area contributed by atoms with E-state index in [4.69, 9.17) is 5.84 Å². The zero-order valence-corrected chi connectivity index (χ0v) is 10.7. The zero-order chi connectivity index (χ0) is 14.0. The minimum Gasteiger partial charge on any atom is -0.271 e. The first kappa shape index (κ1) is 13.6. The van der Waals surface area contributed by atoms with E-state index < -0.39 is 17.7 Å². The summed E-state index contributed by atoms with van der Waals surface area (Å²) >= 11 is 0. The molecule has 0 aliphatic rings. The maximum Gasteiger partial charge on any atom is 0.159 e. The number of hydrogen-bond donors (Lipinski definition) is 2. The van der Waals surface area contributed by atoms with E-state index in [1.807, 2.05) is 26.0 Å². The van der Waals surface area contributed by atoms with E-state index in [0.29, 0.717) is 5.56 Å². The molecule has 2 aromatic rings. The number of nitrogens with two attached hydrogens (primary N) is 1. The van der Waals surface area contributed by atoms with Gasteiger partial charge in [0, 0.05) is 11.4 Å². The summed E-state index contributed by atoms with van der Waals surface area (Å²) in [5.74, 6) is 3.77. The van der Waals surface area contributed by atoms with Gasteiger partial charge in [-0.2, -0.15) is 0 Å². The Hall–Kier alpha value is -1.85. The number of benzene rings is 1. The molecule has 0 amide bonds. The zero-order valence-electron chi connectivity index (χ0n) is 10.7. The number of rotatable bonds is 3. The molecule has 1 heterocycles. The maximum absolute atomic E-state index is 13.3. The normalized spacial score (nSPS) is 12.5. The lowest BCUT2D eigenvalue weighted by Gasteiger charge is -2.19. The van der Waals surface area contributed by atoms with Gasteiger partial charge < -0.3 is 0 Å². The molecule has 3 nitrogen and oxygen atoms in total. The highest BCUT2D eigenvalue weighted by molar-refractivity contribution is 5.35. The molecule has 100 valence electrons. The Morgan fingerprint density at radius 2 is 1.84 bits per heavy atom. The van der Waals surface area contributed by atoms with E-state index >= 15 is 0 Å². The molecule has 0 spiro atoms. The summed E-state index contributed by atoms with van der Waals surface area (Å²) in [6.07, 6.45) is 0. The summed E-state index contributed by atoms with van der Waals surface area (Å²) in [4.78, 5) is 4.34. The van der Waals surface area contributed by atoms with Gasteiger partial charge in [-0.1, -0.05) is 12.1 Å². The second kappa shape index (κ2) is 5.42. The molecule has 0 saturated carbocycles. The molecular formula is C14H15F2N3. The smallest absolute Gasteiger partial charge is 0.159 e. The van der Waals surface area contributed by atoms with Crippen LogP contribution in [0, 0.1) is 25.5 Å². The second-order valence-corrected chi connectivity index (χ2v) is 4.40. The standard InChI is InChI=1S/C14H15F2N3/c1-8-3-5-11(9(2)18-8)14(19-17)10-4-6-12(15)13(16)7-10/h3-7,14,19H,17H2,1-2H3. The van der Waals surface area contributed by atoms with Gasteiger partial charge in [0.1, 0.15) is 0 Å². The minimum atomic E-state index is -0.893. The van der Waals surface area contributed by atoms with Gasteiger partial charge in [0.2, 0.25) is 0 Å². The highest BCUT2D eigenvalue weighted by Gasteiger charge is 2.17. The Morgan fingerprint density at radius 3 is 2.42 bits per heavy atom. The van der Waals surface area contributed by atoms with Crippen LogP contribution in [0.25, 0.3) is 0 Å². The molecule has 1 aromatic heterocycles. The number of hydrazine groups is 1. The average Bonchev–Trinajstić information content (AvgIpc) is 2.37. The van der Waals surface area contributed by atoms with Crippen molar-refractivity contribution in [3.63, 3.8) is 0 Å². The summed E-state index contributed by atoms with van der Waals surface area (Å²) in [6.45, 7) is 3.74. The van der Waals surface area contributed by atoms with Crippen LogP contribution in [0.1, 0.15) is 28.6 Å². The quantitative estimate of drug-likeness (QED) is 0.661. The summed E-state index contributed by atoms with van der Waals surface area (Å²) in [5.41, 5.74) is 5.69. The molecule has 2 rings (SSSR count). The van der Waals surface area contributed by atoms with Crippen LogP contribution in [0.2, 0.25) is 0 Å². The fraction of sp³-hybridized carbons (Fsp3) is 0.214. The van der Waals surface area contributed by atoms with Crippen LogP contribution >= 0.6 is 0 Å². The summed E-state index contributed by atoms with van der Waals surface area (Å²) in [5, 5.41) is 0. The van der Waals surface area contributed by atoms with Crippen molar-refractivity contribution in [2.45, 2.75) is 19.9 Å². The Bertz CT molecular complexity index is 599. The lowest BCUT2D eigenvalue weighted by Crippen LogP contribution is -2.29. The number of hydrogen-bond acceptors (Lipinski definition) is 3. The predicted molar refractivity (Wildman–Crippen MR) is 69.2 cm³/mol. The summed E-state index contributed by atoms with van der Waals surface area (Å²) < 4.78 is 26.3. The minimum absolute atomic E-state index is 0.428. The largest absolute Gasteiger partial charge is 0.271 e. The molecule has 0 aliphatic heterocycles. The van der Waals surface area contributed by atoms with Gasteiger partial charge in [0.15, 0.2) is 11.6 Å². The van der Waals surface area contributed by atoms with E-state index in [2.05, 4.69) is 10.4 Å². The van der Waals surface area contributed by atoms with Crippen molar-refractivity contribution in [2.75, 3.05) is 0 Å². The lowest BCUT2D eigenvalue weighted by atomic mass is 9.98. The van der Waals surface area contributed by atoms with Gasteiger partial charge >= 0.3 is 0 Å². The van der Waals surface area contributed by atoms with E-state index in [1.54, 1.807) is 0 Å². The van der Waals surface area contributed by atoms with Crippen molar-refractivity contribution in [2.24, 2.45) is 5.84 Å². The Morgan fingerprint density at radius 1 is 1.11 bits per heavy atom. The molecule has 1 atom stereocenters.